The summed E-state index contributed by atoms with van der Waals surface area (Å²) in [5.41, 5.74) is 0.785. The van der Waals surface area contributed by atoms with Gasteiger partial charge in [0.15, 0.2) is 4.87 Å². The van der Waals surface area contributed by atoms with Crippen LogP contribution < -0.4 is 0 Å². The maximum absolute atomic E-state index is 10.7. The number of hydrogen-bond donors (Lipinski definition) is 0. The molecular formula is C5H9N2O+. The van der Waals surface area contributed by atoms with E-state index in [0.29, 0.717) is 0 Å². The van der Waals surface area contributed by atoms with Gasteiger partial charge in [-0.25, -0.2) is 0 Å². The van der Waals surface area contributed by atoms with Crippen molar-refractivity contribution in [2.24, 2.45) is 0 Å². The monoisotopic (exact) mass is 113 g/mol. The van der Waals surface area contributed by atoms with Gasteiger partial charge in [0.1, 0.15) is 6.54 Å². The molecule has 0 aromatic heterocycles. The molecule has 1 aliphatic rings. The summed E-state index contributed by atoms with van der Waals surface area (Å²) in [6, 6.07) is 0. The van der Waals surface area contributed by atoms with Gasteiger partial charge in [-0.1, -0.05) is 0 Å². The van der Waals surface area contributed by atoms with Gasteiger partial charge in [0.25, 0.3) is 5.70 Å². The summed E-state index contributed by atoms with van der Waals surface area (Å²) in [6.45, 7) is 2.55. The summed E-state index contributed by atoms with van der Waals surface area (Å²) in [7, 11) is 1.76. The number of hydrazine groups is 1. The van der Waals surface area contributed by atoms with E-state index < -0.39 is 0 Å². The highest BCUT2D eigenvalue weighted by Gasteiger charge is 2.24. The van der Waals surface area contributed by atoms with Crippen LogP contribution in [-0.4, -0.2) is 23.5 Å². The maximum Gasteiger partial charge on any atom is 0.263 e. The third kappa shape index (κ3) is 0.598. The first kappa shape index (κ1) is 5.28. The number of nitroso groups, excluding NO2 is 1. The molecule has 44 valence electrons. The molecule has 0 aromatic rings. The van der Waals surface area contributed by atoms with E-state index in [2.05, 4.69) is 0 Å². The van der Waals surface area contributed by atoms with Crippen LogP contribution in [0.5, 0.6) is 0 Å². The molecule has 0 spiro atoms. The first-order valence-corrected chi connectivity index (χ1v) is 2.57. The van der Waals surface area contributed by atoms with Crippen LogP contribution in [0.4, 0.5) is 0 Å². The fraction of sp³-hybridized carbons (Fsp3) is 0.600. The minimum atomic E-state index is 0.745. The molecule has 1 rings (SSSR count). The highest BCUT2D eigenvalue weighted by molar-refractivity contribution is 4.91. The number of allylic oxidation sites excluding steroid dienone is 1. The van der Waals surface area contributed by atoms with Crippen LogP contribution in [0, 0.1) is 4.91 Å². The van der Waals surface area contributed by atoms with Crippen LogP contribution in [0.15, 0.2) is 11.8 Å². The third-order valence-electron chi connectivity index (χ3n) is 1.26. The lowest BCUT2D eigenvalue weighted by Crippen LogP contribution is -2.21. The second-order valence-corrected chi connectivity index (χ2v) is 1.96. The predicted octanol–water partition coefficient (Wildman–Crippen LogP) is 0.529. The molecule has 3 nitrogen and oxygen atoms in total. The van der Waals surface area contributed by atoms with Gasteiger partial charge in [0.2, 0.25) is 0 Å². The number of rotatable bonds is 0. The summed E-state index contributed by atoms with van der Waals surface area (Å²) >= 11 is 0. The van der Waals surface area contributed by atoms with Gasteiger partial charge < -0.3 is 0 Å². The summed E-state index contributed by atoms with van der Waals surface area (Å²) in [4.78, 5) is 11.6. The average molecular weight is 113 g/mol. The largest absolute Gasteiger partial charge is 0.263 e. The molecule has 0 N–H and O–H groups in total. The van der Waals surface area contributed by atoms with Crippen LogP contribution in [0.3, 0.4) is 0 Å². The first-order valence-electron chi connectivity index (χ1n) is 2.57. The Hall–Kier alpha value is -0.860. The van der Waals surface area contributed by atoms with Crippen molar-refractivity contribution in [3.8, 4) is 0 Å². The molecule has 0 radical (unpaired) electrons. The van der Waals surface area contributed by atoms with Gasteiger partial charge in [-0.15, -0.1) is 5.01 Å². The van der Waals surface area contributed by atoms with E-state index >= 15 is 0 Å². The van der Waals surface area contributed by atoms with Crippen molar-refractivity contribution >= 4 is 0 Å². The molecule has 0 aliphatic carbocycles. The van der Waals surface area contributed by atoms with E-state index in [4.69, 9.17) is 0 Å². The molecule has 0 bridgehead atoms. The van der Waals surface area contributed by atoms with Gasteiger partial charge in [0, 0.05) is 13.0 Å². The number of hydrogen-bond acceptors (Lipinski definition) is 1. The summed E-state index contributed by atoms with van der Waals surface area (Å²) in [5.74, 6) is 0. The van der Waals surface area contributed by atoms with E-state index in [9.17, 15) is 4.91 Å². The van der Waals surface area contributed by atoms with Gasteiger partial charge in [-0.2, -0.15) is 0 Å². The van der Waals surface area contributed by atoms with Crippen LogP contribution in [0.2, 0.25) is 0 Å². The molecule has 0 saturated heterocycles. The molecule has 1 aliphatic heterocycles. The van der Waals surface area contributed by atoms with Crippen molar-refractivity contribution < 1.29 is 4.87 Å². The highest BCUT2D eigenvalue weighted by atomic mass is 16.3. The molecule has 0 saturated carbocycles. The molecule has 0 unspecified atom stereocenters. The van der Waals surface area contributed by atoms with E-state index in [1.807, 2.05) is 6.08 Å². The molecule has 1 heterocycles. The zero-order chi connectivity index (χ0) is 6.15. The van der Waals surface area contributed by atoms with Crippen molar-refractivity contribution in [2.75, 3.05) is 13.6 Å². The van der Waals surface area contributed by atoms with E-state index in [-0.39, 0.29) is 0 Å². The lowest BCUT2D eigenvalue weighted by atomic mass is 10.5. The molecule has 3 heteroatoms. The number of nitrogens with zero attached hydrogens (tertiary/aromatic N) is 2. The molecule has 0 aromatic carbocycles. The zero-order valence-corrected chi connectivity index (χ0v) is 5.09. The highest BCUT2D eigenvalue weighted by Crippen LogP contribution is 2.05. The van der Waals surface area contributed by atoms with E-state index in [1.54, 1.807) is 19.0 Å². The van der Waals surface area contributed by atoms with E-state index in [0.717, 1.165) is 17.1 Å². The van der Waals surface area contributed by atoms with Gasteiger partial charge >= 0.3 is 0 Å². The average Bonchev–Trinajstić information content (AvgIpc) is 1.98. The number of likely N-dealkylation sites (N-methyl/N-ethyl adjacent to an activating group) is 1. The van der Waals surface area contributed by atoms with Crippen molar-refractivity contribution in [2.45, 2.75) is 6.92 Å². The Bertz CT molecular complexity index is 151. The Morgan fingerprint density at radius 1 is 1.88 bits per heavy atom. The van der Waals surface area contributed by atoms with Gasteiger partial charge in [-0.05, 0) is 0 Å². The summed E-state index contributed by atoms with van der Waals surface area (Å²) in [5, 5.41) is 1.61. The van der Waals surface area contributed by atoms with Crippen LogP contribution in [0.1, 0.15) is 6.92 Å². The SMILES string of the molecule is CC1=CCN(C)[N+]1=O. The summed E-state index contributed by atoms with van der Waals surface area (Å²) < 4.78 is 0. The van der Waals surface area contributed by atoms with Crippen LogP contribution in [0.25, 0.3) is 0 Å². The van der Waals surface area contributed by atoms with Crippen molar-refractivity contribution in [1.82, 2.24) is 5.01 Å². The van der Waals surface area contributed by atoms with Crippen molar-refractivity contribution in [1.29, 1.82) is 0 Å². The molecule has 0 amide bonds. The Labute approximate surface area is 48.1 Å². The smallest absolute Gasteiger partial charge is 0.134 e. The van der Waals surface area contributed by atoms with Crippen LogP contribution >= 0.6 is 0 Å². The quantitative estimate of drug-likeness (QED) is 0.428. The summed E-state index contributed by atoms with van der Waals surface area (Å²) in [6.07, 6.45) is 1.90. The molecule has 0 fully saturated rings. The van der Waals surface area contributed by atoms with E-state index in [1.165, 1.54) is 0 Å². The fourth-order valence-electron chi connectivity index (χ4n) is 0.686. The first-order chi connectivity index (χ1) is 3.72. The minimum absolute atomic E-state index is 0.745. The van der Waals surface area contributed by atoms with Gasteiger partial charge in [0.05, 0.1) is 12.0 Å². The Kier molecular flexibility index (Phi) is 1.04. The minimum Gasteiger partial charge on any atom is -0.134 e. The molecular weight excluding hydrogens is 104 g/mol. The third-order valence-corrected chi connectivity index (χ3v) is 1.26. The van der Waals surface area contributed by atoms with Crippen molar-refractivity contribution in [3.63, 3.8) is 0 Å². The Morgan fingerprint density at radius 2 is 2.50 bits per heavy atom. The Balaban J connectivity index is 2.73. The lowest BCUT2D eigenvalue weighted by Gasteiger charge is -1.94. The van der Waals surface area contributed by atoms with Gasteiger partial charge in [-0.3, -0.25) is 0 Å². The lowest BCUT2D eigenvalue weighted by molar-refractivity contribution is -0.649. The molecule has 0 atom stereocenters. The predicted molar refractivity (Wildman–Crippen MR) is 30.0 cm³/mol. The zero-order valence-electron chi connectivity index (χ0n) is 5.09. The molecule has 8 heavy (non-hydrogen) atoms. The topological polar surface area (TPSA) is 23.3 Å². The fourth-order valence-corrected chi connectivity index (χ4v) is 0.686. The maximum atomic E-state index is 10.7. The van der Waals surface area contributed by atoms with Crippen LogP contribution in [-0.2, 0) is 0 Å². The second-order valence-electron chi connectivity index (χ2n) is 1.96. The second kappa shape index (κ2) is 1.58. The Morgan fingerprint density at radius 3 is 2.62 bits per heavy atom. The van der Waals surface area contributed by atoms with Crippen molar-refractivity contribution in [3.05, 3.63) is 16.7 Å². The normalized spacial score (nSPS) is 19.5. The standard InChI is InChI=1S/C5H9N2O/c1-5-3-4-6(2)7(5)8/h3H,4H2,1-2H3/q+1.